The van der Waals surface area contributed by atoms with Crippen LogP contribution in [0.2, 0.25) is 0 Å². The van der Waals surface area contributed by atoms with Crippen molar-refractivity contribution in [3.63, 3.8) is 0 Å². The van der Waals surface area contributed by atoms with E-state index < -0.39 is 22.0 Å². The van der Waals surface area contributed by atoms with E-state index in [4.69, 9.17) is 14.6 Å². The first kappa shape index (κ1) is 31.8. The van der Waals surface area contributed by atoms with Crippen LogP contribution in [0.3, 0.4) is 0 Å². The van der Waals surface area contributed by atoms with Crippen molar-refractivity contribution < 1.29 is 41.0 Å². The number of carbonyl (C=O) groups is 2. The lowest BCUT2D eigenvalue weighted by Crippen LogP contribution is -2.39. The molecule has 1 saturated carbocycles. The fourth-order valence-corrected chi connectivity index (χ4v) is 6.24. The molecule has 2 aliphatic rings. The van der Waals surface area contributed by atoms with E-state index in [2.05, 4.69) is 26.8 Å². The number of ether oxygens (including phenoxy) is 1. The normalized spacial score (nSPS) is 15.6. The number of alkyl halides is 3. The summed E-state index contributed by atoms with van der Waals surface area (Å²) in [5, 5.41) is 11.5. The Morgan fingerprint density at radius 3 is 2.16 bits per heavy atom. The summed E-state index contributed by atoms with van der Waals surface area (Å²) in [5.74, 6) is -1.37. The number of hydrogen-bond acceptors (Lipinski definition) is 7. The van der Waals surface area contributed by atoms with Gasteiger partial charge in [-0.3, -0.25) is 4.79 Å². The molecule has 0 saturated heterocycles. The molecule has 0 radical (unpaired) electrons. The molecule has 2 aromatic carbocycles. The van der Waals surface area contributed by atoms with Crippen LogP contribution in [0.4, 0.5) is 18.9 Å². The number of anilines is 1. The van der Waals surface area contributed by atoms with E-state index in [1.54, 1.807) is 36.3 Å². The summed E-state index contributed by atoms with van der Waals surface area (Å²) < 4.78 is 65.7. The number of benzene rings is 2. The van der Waals surface area contributed by atoms with Gasteiger partial charge in [0.15, 0.2) is 14.9 Å². The first-order valence-electron chi connectivity index (χ1n) is 13.8. The van der Waals surface area contributed by atoms with Gasteiger partial charge in [0.2, 0.25) is 0 Å². The Bertz CT molecular complexity index is 1840. The van der Waals surface area contributed by atoms with Crippen molar-refractivity contribution in [1.29, 1.82) is 0 Å². The molecule has 1 aliphatic carbocycles. The van der Waals surface area contributed by atoms with Crippen molar-refractivity contribution in [2.24, 2.45) is 0 Å². The minimum Gasteiger partial charge on any atom is -0.497 e. The third-order valence-electron chi connectivity index (χ3n) is 7.93. The molecule has 0 unspecified atom stereocenters. The van der Waals surface area contributed by atoms with Gasteiger partial charge in [0.05, 0.1) is 12.8 Å². The van der Waals surface area contributed by atoms with E-state index >= 15 is 0 Å². The van der Waals surface area contributed by atoms with Crippen LogP contribution in [0.5, 0.6) is 5.75 Å². The van der Waals surface area contributed by atoms with Gasteiger partial charge in [-0.25, -0.2) is 22.9 Å². The molecule has 0 bridgehead atoms. The van der Waals surface area contributed by atoms with Gasteiger partial charge < -0.3 is 19.3 Å². The van der Waals surface area contributed by atoms with Crippen molar-refractivity contribution in [3.8, 4) is 11.4 Å². The highest BCUT2D eigenvalue weighted by Crippen LogP contribution is 2.50. The largest absolute Gasteiger partial charge is 0.497 e. The standard InChI is InChI=1S/C28H29N5O4S.C2HF3O2/c1-19-29-15-17-31(19)18-28(13-14-28)20-4-6-21(7-5-20)32-16-12-24-25(27(32)34)33(30-26(24)38(3,35)36)22-8-10-23(37-2)11-9-22;3-2(4,5)1(6)7/h4-11,15,17H,12-14,16,18H2,1-3H3;(H,6,7). The van der Waals surface area contributed by atoms with E-state index in [1.807, 2.05) is 31.5 Å². The van der Waals surface area contributed by atoms with E-state index in [0.717, 1.165) is 37.2 Å². The zero-order valence-electron chi connectivity index (χ0n) is 24.6. The zero-order valence-corrected chi connectivity index (χ0v) is 25.4. The average molecular weight is 646 g/mol. The molecule has 2 aromatic heterocycles. The molecule has 0 spiro atoms. The predicted octanol–water partition coefficient (Wildman–Crippen LogP) is 4.36. The summed E-state index contributed by atoms with van der Waals surface area (Å²) >= 11 is 0. The second-order valence-electron chi connectivity index (χ2n) is 11.0. The van der Waals surface area contributed by atoms with Gasteiger partial charge in [0.1, 0.15) is 17.3 Å². The second kappa shape index (κ2) is 11.7. The molecule has 15 heteroatoms. The molecule has 1 fully saturated rings. The summed E-state index contributed by atoms with van der Waals surface area (Å²) in [6.07, 6.45) is 2.52. The van der Waals surface area contributed by atoms with Crippen LogP contribution in [-0.2, 0) is 33.0 Å². The lowest BCUT2D eigenvalue weighted by atomic mass is 9.95. The van der Waals surface area contributed by atoms with Crippen LogP contribution < -0.4 is 9.64 Å². The lowest BCUT2D eigenvalue weighted by molar-refractivity contribution is -0.192. The maximum absolute atomic E-state index is 13.9. The van der Waals surface area contributed by atoms with Gasteiger partial charge in [-0.2, -0.15) is 18.3 Å². The number of aliphatic carboxylic acids is 1. The van der Waals surface area contributed by atoms with Gasteiger partial charge in [-0.15, -0.1) is 0 Å². The van der Waals surface area contributed by atoms with Gasteiger partial charge in [-0.1, -0.05) is 12.1 Å². The molecule has 4 aromatic rings. The van der Waals surface area contributed by atoms with Crippen molar-refractivity contribution >= 4 is 27.4 Å². The van der Waals surface area contributed by atoms with Gasteiger partial charge in [0.25, 0.3) is 5.91 Å². The number of aryl methyl sites for hydroxylation is 1. The smallest absolute Gasteiger partial charge is 0.490 e. The summed E-state index contributed by atoms with van der Waals surface area (Å²) in [5.41, 5.74) is 3.46. The number of fused-ring (bicyclic) bond motifs is 1. The molecule has 1 aliphatic heterocycles. The van der Waals surface area contributed by atoms with Crippen LogP contribution in [-0.4, -0.2) is 70.8 Å². The first-order valence-corrected chi connectivity index (χ1v) is 15.7. The third kappa shape index (κ3) is 6.43. The van der Waals surface area contributed by atoms with E-state index in [1.165, 1.54) is 10.2 Å². The Kier molecular flexibility index (Phi) is 8.25. The SMILES string of the molecule is COc1ccc(-n2nc(S(C)(=O)=O)c3c2C(=O)N(c2ccc(C4(Cn5ccnc5C)CC4)cc2)CC3)cc1.O=C(O)C(F)(F)F. The van der Waals surface area contributed by atoms with Crippen molar-refractivity contribution in [1.82, 2.24) is 19.3 Å². The van der Waals surface area contributed by atoms with Crippen molar-refractivity contribution in [2.75, 3.05) is 24.8 Å². The highest BCUT2D eigenvalue weighted by atomic mass is 32.2. The van der Waals surface area contributed by atoms with Crippen LogP contribution in [0, 0.1) is 6.92 Å². The van der Waals surface area contributed by atoms with Crippen molar-refractivity contribution in [3.05, 3.63) is 83.6 Å². The zero-order chi connectivity index (χ0) is 32.7. The van der Waals surface area contributed by atoms with Crippen LogP contribution in [0.15, 0.2) is 66.0 Å². The average Bonchev–Trinajstić information content (AvgIpc) is 3.49. The van der Waals surface area contributed by atoms with Gasteiger partial charge >= 0.3 is 12.1 Å². The molecular formula is C30H30F3N5O6S. The van der Waals surface area contributed by atoms with Gasteiger partial charge in [0, 0.05) is 48.4 Å². The number of aromatic nitrogens is 4. The number of nitrogens with zero attached hydrogens (tertiary/aromatic N) is 5. The number of carboxylic acid groups (broad SMARTS) is 1. The Balaban J connectivity index is 0.000000515. The second-order valence-corrected chi connectivity index (χ2v) is 12.9. The molecule has 0 atom stereocenters. The summed E-state index contributed by atoms with van der Waals surface area (Å²) in [6.45, 7) is 3.28. The summed E-state index contributed by atoms with van der Waals surface area (Å²) in [6, 6.07) is 15.2. The fourth-order valence-electron chi connectivity index (χ4n) is 5.36. The lowest BCUT2D eigenvalue weighted by Gasteiger charge is -2.28. The number of sulfone groups is 1. The van der Waals surface area contributed by atoms with Crippen LogP contribution in [0.1, 0.15) is 40.3 Å². The number of amides is 1. The number of imidazole rings is 1. The van der Waals surface area contributed by atoms with Crippen LogP contribution >= 0.6 is 0 Å². The Morgan fingerprint density at radius 1 is 1.07 bits per heavy atom. The quantitative estimate of drug-likeness (QED) is 0.313. The number of methoxy groups -OCH3 is 1. The number of hydrogen-bond donors (Lipinski definition) is 1. The third-order valence-corrected chi connectivity index (χ3v) is 8.96. The Labute approximate surface area is 256 Å². The molecule has 1 amide bonds. The van der Waals surface area contributed by atoms with E-state index in [0.29, 0.717) is 30.0 Å². The summed E-state index contributed by atoms with van der Waals surface area (Å²) in [7, 11) is -2.05. The fraction of sp³-hybridized carbons (Fsp3) is 0.333. The minimum atomic E-state index is -5.08. The number of carboxylic acids is 1. The first-order chi connectivity index (χ1) is 21.1. The minimum absolute atomic E-state index is 0.0443. The molecule has 11 nitrogen and oxygen atoms in total. The maximum atomic E-state index is 13.9. The Morgan fingerprint density at radius 2 is 1.67 bits per heavy atom. The van der Waals surface area contributed by atoms with E-state index in [-0.39, 0.29) is 22.0 Å². The molecule has 45 heavy (non-hydrogen) atoms. The molecule has 238 valence electrons. The summed E-state index contributed by atoms with van der Waals surface area (Å²) in [4.78, 5) is 28.8. The van der Waals surface area contributed by atoms with Gasteiger partial charge in [-0.05, 0) is 68.1 Å². The highest BCUT2D eigenvalue weighted by molar-refractivity contribution is 7.90. The number of rotatable bonds is 7. The van der Waals surface area contributed by atoms with Crippen molar-refractivity contribution in [2.45, 2.75) is 49.3 Å². The molecule has 3 heterocycles. The maximum Gasteiger partial charge on any atom is 0.490 e. The van der Waals surface area contributed by atoms with E-state index in [9.17, 15) is 26.4 Å². The Hall–Kier alpha value is -4.66. The highest BCUT2D eigenvalue weighted by Gasteiger charge is 2.45. The predicted molar refractivity (Wildman–Crippen MR) is 157 cm³/mol. The monoisotopic (exact) mass is 645 g/mol. The topological polar surface area (TPSA) is 137 Å². The number of halogens is 3. The molecule has 1 N–H and O–H groups in total. The number of carbonyl (C=O) groups excluding carboxylic acids is 1. The molecule has 6 rings (SSSR count). The van der Waals surface area contributed by atoms with Crippen LogP contribution in [0.25, 0.3) is 5.69 Å². The molecular weight excluding hydrogens is 615 g/mol.